The van der Waals surface area contributed by atoms with E-state index in [4.69, 9.17) is 5.26 Å². The fourth-order valence-corrected chi connectivity index (χ4v) is 1.75. The van der Waals surface area contributed by atoms with Gasteiger partial charge in [0.05, 0.1) is 11.8 Å². The molecule has 0 aliphatic carbocycles. The average molecular weight is 269 g/mol. The first-order valence-electron chi connectivity index (χ1n) is 6.24. The molecule has 6 nitrogen and oxygen atoms in total. The number of hydrogen-bond donors (Lipinski definition) is 2. The predicted molar refractivity (Wildman–Crippen MR) is 76.9 cm³/mol. The van der Waals surface area contributed by atoms with E-state index in [9.17, 15) is 4.79 Å². The molecule has 102 valence electrons. The van der Waals surface area contributed by atoms with Crippen molar-refractivity contribution >= 4 is 28.8 Å². The summed E-state index contributed by atoms with van der Waals surface area (Å²) in [5.74, 6) is 0.384. The Hall–Kier alpha value is -2.68. The van der Waals surface area contributed by atoms with Gasteiger partial charge in [0.1, 0.15) is 17.4 Å². The molecular weight excluding hydrogens is 254 g/mol. The Morgan fingerprint density at radius 3 is 2.90 bits per heavy atom. The molecule has 2 N–H and O–H groups in total. The second-order valence-corrected chi connectivity index (χ2v) is 4.72. The number of Topliss-reactive ketones (excluding diaryl/α,β-unsaturated/α-hetero) is 1. The second kappa shape index (κ2) is 5.53. The number of carbonyl (C=O) groups excluding carboxylic acids is 1. The van der Waals surface area contributed by atoms with Gasteiger partial charge in [-0.3, -0.25) is 4.79 Å². The molecule has 0 amide bonds. The first-order valence-corrected chi connectivity index (χ1v) is 6.24. The number of carbonyl (C=O) groups is 1. The number of nitrogens with zero attached hydrogens (tertiary/aromatic N) is 3. The minimum Gasteiger partial charge on any atom is -0.367 e. The van der Waals surface area contributed by atoms with Crippen LogP contribution in [0.25, 0.3) is 17.2 Å². The van der Waals surface area contributed by atoms with Crippen molar-refractivity contribution < 1.29 is 4.79 Å². The summed E-state index contributed by atoms with van der Waals surface area (Å²) < 4.78 is 0. The minimum absolute atomic E-state index is 0.0925. The van der Waals surface area contributed by atoms with Crippen molar-refractivity contribution in [1.82, 2.24) is 15.0 Å². The van der Waals surface area contributed by atoms with Crippen molar-refractivity contribution in [2.45, 2.75) is 26.8 Å². The number of ketones is 1. The number of fused-ring (bicyclic) bond motifs is 1. The van der Waals surface area contributed by atoms with E-state index in [0.29, 0.717) is 22.5 Å². The Kier molecular flexibility index (Phi) is 3.80. The highest BCUT2D eigenvalue weighted by Crippen LogP contribution is 2.19. The first kappa shape index (κ1) is 13.7. The maximum absolute atomic E-state index is 11.3. The predicted octanol–water partition coefficient (Wildman–Crippen LogP) is 2.27. The van der Waals surface area contributed by atoms with Crippen LogP contribution in [-0.4, -0.2) is 26.8 Å². The molecule has 0 bridgehead atoms. The molecule has 2 aromatic heterocycles. The molecule has 2 rings (SSSR count). The zero-order valence-electron chi connectivity index (χ0n) is 11.6. The van der Waals surface area contributed by atoms with Gasteiger partial charge >= 0.3 is 0 Å². The highest BCUT2D eigenvalue weighted by atomic mass is 16.1. The topological polar surface area (TPSA) is 94.5 Å². The molecule has 0 aliphatic rings. The zero-order valence-corrected chi connectivity index (χ0v) is 11.6. The van der Waals surface area contributed by atoms with Crippen LogP contribution >= 0.6 is 0 Å². The van der Waals surface area contributed by atoms with Crippen LogP contribution in [0.3, 0.4) is 0 Å². The monoisotopic (exact) mass is 269 g/mol. The van der Waals surface area contributed by atoms with E-state index < -0.39 is 0 Å². The summed E-state index contributed by atoms with van der Waals surface area (Å²) >= 11 is 0. The lowest BCUT2D eigenvalue weighted by Crippen LogP contribution is -2.11. The number of anilines is 1. The highest BCUT2D eigenvalue weighted by molar-refractivity contribution is 6.03. The Morgan fingerprint density at radius 1 is 1.55 bits per heavy atom. The normalized spacial score (nSPS) is 11.7. The highest BCUT2D eigenvalue weighted by Gasteiger charge is 2.09. The largest absolute Gasteiger partial charge is 0.367 e. The molecule has 20 heavy (non-hydrogen) atoms. The number of aromatic amines is 1. The summed E-state index contributed by atoms with van der Waals surface area (Å²) in [6.45, 7) is 5.38. The quantitative estimate of drug-likeness (QED) is 0.656. The molecule has 0 spiro atoms. The van der Waals surface area contributed by atoms with Crippen LogP contribution in [0.15, 0.2) is 18.0 Å². The summed E-state index contributed by atoms with van der Waals surface area (Å²) in [4.78, 5) is 23.0. The summed E-state index contributed by atoms with van der Waals surface area (Å²) in [7, 11) is 0. The van der Waals surface area contributed by atoms with Gasteiger partial charge in [-0.2, -0.15) is 5.26 Å². The van der Waals surface area contributed by atoms with Crippen LogP contribution in [0, 0.1) is 11.3 Å². The standard InChI is InChI=1S/C14H15N5O/c1-8(2)18-12-7-17-14-13(19-12)11(6-16-14)4-10(5-15)9(3)20/h4,6-8H,1-3H3,(H,16,17)(H,18,19)/b10-4+. The van der Waals surface area contributed by atoms with Crippen LogP contribution in [0.2, 0.25) is 0 Å². The molecule has 6 heteroatoms. The average Bonchev–Trinajstić information content (AvgIpc) is 2.77. The van der Waals surface area contributed by atoms with Gasteiger partial charge in [-0.05, 0) is 26.8 Å². The smallest absolute Gasteiger partial charge is 0.170 e. The summed E-state index contributed by atoms with van der Waals surface area (Å²) in [5, 5.41) is 12.1. The third-order valence-corrected chi connectivity index (χ3v) is 2.65. The maximum atomic E-state index is 11.3. The lowest BCUT2D eigenvalue weighted by molar-refractivity contribution is -0.113. The van der Waals surface area contributed by atoms with E-state index in [2.05, 4.69) is 20.3 Å². The summed E-state index contributed by atoms with van der Waals surface area (Å²) in [5.41, 5.74) is 2.01. The van der Waals surface area contributed by atoms with Crippen molar-refractivity contribution in [2.75, 3.05) is 5.32 Å². The number of aromatic nitrogens is 3. The zero-order chi connectivity index (χ0) is 14.7. The molecule has 0 radical (unpaired) electrons. The summed E-state index contributed by atoms with van der Waals surface area (Å²) in [6.07, 6.45) is 4.85. The number of allylic oxidation sites excluding steroid dienone is 1. The fourth-order valence-electron chi connectivity index (χ4n) is 1.75. The van der Waals surface area contributed by atoms with Gasteiger partial charge in [0.25, 0.3) is 0 Å². The maximum Gasteiger partial charge on any atom is 0.170 e. The van der Waals surface area contributed by atoms with E-state index in [1.54, 1.807) is 12.4 Å². The van der Waals surface area contributed by atoms with Crippen molar-refractivity contribution in [3.05, 3.63) is 23.5 Å². The Balaban J connectivity index is 2.50. The number of rotatable bonds is 4. The molecule has 2 aromatic rings. The molecule has 0 saturated heterocycles. The molecule has 0 unspecified atom stereocenters. The minimum atomic E-state index is -0.272. The fraction of sp³-hybridized carbons (Fsp3) is 0.286. The van der Waals surface area contributed by atoms with E-state index in [-0.39, 0.29) is 17.4 Å². The van der Waals surface area contributed by atoms with Crippen molar-refractivity contribution in [3.63, 3.8) is 0 Å². The number of H-pyrrole nitrogens is 1. The molecule has 0 aromatic carbocycles. The molecular formula is C14H15N5O. The van der Waals surface area contributed by atoms with Gasteiger partial charge in [0.15, 0.2) is 11.4 Å². The van der Waals surface area contributed by atoms with Crippen LogP contribution < -0.4 is 5.32 Å². The van der Waals surface area contributed by atoms with Crippen molar-refractivity contribution in [3.8, 4) is 6.07 Å². The van der Waals surface area contributed by atoms with Gasteiger partial charge in [-0.1, -0.05) is 0 Å². The van der Waals surface area contributed by atoms with Crippen LogP contribution in [0.4, 0.5) is 5.82 Å². The van der Waals surface area contributed by atoms with Gasteiger partial charge in [0, 0.05) is 17.8 Å². The van der Waals surface area contributed by atoms with Crippen LogP contribution in [-0.2, 0) is 4.79 Å². The van der Waals surface area contributed by atoms with E-state index >= 15 is 0 Å². The SMILES string of the molecule is CC(=O)/C(C#N)=C/c1c[nH]c2ncc(NC(C)C)nc12. The third-order valence-electron chi connectivity index (χ3n) is 2.65. The molecule has 2 heterocycles. The van der Waals surface area contributed by atoms with Crippen LogP contribution in [0.1, 0.15) is 26.3 Å². The van der Waals surface area contributed by atoms with E-state index in [1.165, 1.54) is 13.0 Å². The molecule has 0 fully saturated rings. The Bertz CT molecular complexity index is 721. The van der Waals surface area contributed by atoms with Gasteiger partial charge in [-0.15, -0.1) is 0 Å². The lowest BCUT2D eigenvalue weighted by atomic mass is 10.1. The molecule has 0 aliphatic heterocycles. The first-order chi connectivity index (χ1) is 9.51. The summed E-state index contributed by atoms with van der Waals surface area (Å²) in [6, 6.07) is 2.13. The van der Waals surface area contributed by atoms with Gasteiger partial charge in [0.2, 0.25) is 0 Å². The lowest BCUT2D eigenvalue weighted by Gasteiger charge is -2.07. The Labute approximate surface area is 116 Å². The molecule has 0 atom stereocenters. The van der Waals surface area contributed by atoms with Crippen LogP contribution in [0.5, 0.6) is 0 Å². The van der Waals surface area contributed by atoms with Gasteiger partial charge in [-0.25, -0.2) is 9.97 Å². The second-order valence-electron chi connectivity index (χ2n) is 4.72. The number of nitrogens with one attached hydrogen (secondary N) is 2. The van der Waals surface area contributed by atoms with Gasteiger partial charge < -0.3 is 10.3 Å². The molecule has 0 saturated carbocycles. The van der Waals surface area contributed by atoms with Crippen molar-refractivity contribution in [2.24, 2.45) is 0 Å². The number of nitriles is 1. The number of hydrogen-bond acceptors (Lipinski definition) is 5. The Morgan fingerprint density at radius 2 is 2.30 bits per heavy atom. The van der Waals surface area contributed by atoms with E-state index in [0.717, 1.165) is 0 Å². The third kappa shape index (κ3) is 2.83. The van der Waals surface area contributed by atoms with E-state index in [1.807, 2.05) is 19.9 Å². The van der Waals surface area contributed by atoms with Crippen molar-refractivity contribution in [1.29, 1.82) is 5.26 Å².